The topological polar surface area (TPSA) is 80.7 Å². The zero-order valence-electron chi connectivity index (χ0n) is 17.0. The van der Waals surface area contributed by atoms with Crippen molar-refractivity contribution in [2.75, 3.05) is 6.61 Å². The van der Waals surface area contributed by atoms with Crippen molar-refractivity contribution in [1.29, 1.82) is 0 Å². The van der Waals surface area contributed by atoms with Crippen LogP contribution in [0, 0.1) is 22.7 Å². The number of hydrogen-bond donors (Lipinski definition) is 1. The third-order valence-electron chi connectivity index (χ3n) is 7.96. The van der Waals surface area contributed by atoms with Crippen molar-refractivity contribution in [3.05, 3.63) is 35.5 Å². The normalized spacial score (nSPS) is 42.9. The van der Waals surface area contributed by atoms with Gasteiger partial charge < -0.3 is 9.84 Å². The molecular weight excluding hydrogens is 375 g/mol. The number of ether oxygens (including phenoxy) is 1. The first-order chi connectivity index (χ1) is 13.5. The molecule has 6 heteroatoms. The van der Waals surface area contributed by atoms with Crippen LogP contribution in [0.2, 0.25) is 0 Å². The van der Waals surface area contributed by atoms with Crippen LogP contribution in [0.1, 0.15) is 46.5 Å². The van der Waals surface area contributed by atoms with E-state index in [0.29, 0.717) is 18.4 Å². The van der Waals surface area contributed by atoms with Crippen LogP contribution in [0.15, 0.2) is 35.5 Å². The van der Waals surface area contributed by atoms with E-state index in [1.807, 2.05) is 19.9 Å². The van der Waals surface area contributed by atoms with Crippen molar-refractivity contribution in [2.45, 2.75) is 58.2 Å². The van der Waals surface area contributed by atoms with E-state index in [0.717, 1.165) is 5.57 Å². The molecule has 0 bridgehead atoms. The third kappa shape index (κ3) is 2.71. The van der Waals surface area contributed by atoms with Crippen LogP contribution in [0.3, 0.4) is 0 Å². The molecule has 0 aromatic heterocycles. The number of alkyl halides is 1. The van der Waals surface area contributed by atoms with Crippen LogP contribution in [0.25, 0.3) is 0 Å². The van der Waals surface area contributed by atoms with Crippen LogP contribution in [-0.4, -0.2) is 41.0 Å². The maximum atomic E-state index is 15.2. The Balaban J connectivity index is 1.70. The number of allylic oxidation sites excluding steroid dienone is 6. The van der Waals surface area contributed by atoms with Gasteiger partial charge in [-0.05, 0) is 62.2 Å². The van der Waals surface area contributed by atoms with Crippen molar-refractivity contribution in [3.8, 4) is 0 Å². The molecule has 1 unspecified atom stereocenters. The highest BCUT2D eigenvalue weighted by molar-refractivity contribution is 6.01. The number of carbonyl (C=O) groups is 3. The summed E-state index contributed by atoms with van der Waals surface area (Å²) in [6, 6.07) is 0. The van der Waals surface area contributed by atoms with Gasteiger partial charge in [-0.3, -0.25) is 14.4 Å². The second-order valence-electron chi connectivity index (χ2n) is 9.34. The van der Waals surface area contributed by atoms with E-state index in [9.17, 15) is 19.5 Å². The molecule has 6 atom stereocenters. The van der Waals surface area contributed by atoms with Gasteiger partial charge in [-0.15, -0.1) is 0 Å². The van der Waals surface area contributed by atoms with E-state index >= 15 is 4.39 Å². The van der Waals surface area contributed by atoms with E-state index in [4.69, 9.17) is 4.74 Å². The molecule has 29 heavy (non-hydrogen) atoms. The molecule has 0 heterocycles. The number of hydrogen-bond acceptors (Lipinski definition) is 5. The summed E-state index contributed by atoms with van der Waals surface area (Å²) in [5, 5.41) is 11.4. The first kappa shape index (κ1) is 20.2. The average Bonchev–Trinajstić information content (AvgIpc) is 2.94. The number of ketones is 2. The van der Waals surface area contributed by atoms with Crippen LogP contribution in [0.4, 0.5) is 4.39 Å². The van der Waals surface area contributed by atoms with Gasteiger partial charge in [0.25, 0.3) is 0 Å². The number of rotatable bonds is 3. The monoisotopic (exact) mass is 402 g/mol. The van der Waals surface area contributed by atoms with Crippen LogP contribution in [-0.2, 0) is 19.1 Å². The van der Waals surface area contributed by atoms with Gasteiger partial charge in [-0.1, -0.05) is 24.6 Å². The molecule has 0 radical (unpaired) electrons. The van der Waals surface area contributed by atoms with Crippen LogP contribution in [0.5, 0.6) is 0 Å². The summed E-state index contributed by atoms with van der Waals surface area (Å²) in [5.41, 5.74) is -1.39. The van der Waals surface area contributed by atoms with Crippen molar-refractivity contribution < 1.29 is 28.6 Å². The fraction of sp³-hybridized carbons (Fsp3) is 0.609. The minimum absolute atomic E-state index is 0.0589. The maximum Gasteiger partial charge on any atom is 0.303 e. The van der Waals surface area contributed by atoms with Gasteiger partial charge in [0.1, 0.15) is 11.8 Å². The summed E-state index contributed by atoms with van der Waals surface area (Å²) in [7, 11) is 0. The van der Waals surface area contributed by atoms with E-state index < -0.39 is 41.0 Å². The quantitative estimate of drug-likeness (QED) is 0.580. The van der Waals surface area contributed by atoms with E-state index in [1.54, 1.807) is 6.08 Å². The Hall–Kier alpha value is -2.08. The number of aliphatic hydroxyl groups is 1. The zero-order valence-corrected chi connectivity index (χ0v) is 17.0. The van der Waals surface area contributed by atoms with Crippen LogP contribution >= 0.6 is 0 Å². The SMILES string of the molecule is CC(=O)OCC(=O)[C@@]1(O)CC[C@H]2[C@@H]3CC(F)C4=CC(=O)C=C[C@]4(C)C3=CC[C@@]21C. The van der Waals surface area contributed by atoms with Gasteiger partial charge in [0.05, 0.1) is 0 Å². The summed E-state index contributed by atoms with van der Waals surface area (Å²) < 4.78 is 20.0. The Labute approximate surface area is 169 Å². The highest BCUT2D eigenvalue weighted by atomic mass is 19.1. The Bertz CT molecular complexity index is 886. The van der Waals surface area contributed by atoms with Crippen molar-refractivity contribution >= 4 is 17.5 Å². The number of Topliss-reactive ketones (excluding diaryl/α,β-unsaturated/α-hetero) is 1. The third-order valence-corrected chi connectivity index (χ3v) is 7.96. The molecular formula is C23H27FO5. The van der Waals surface area contributed by atoms with E-state index in [2.05, 4.69) is 0 Å². The van der Waals surface area contributed by atoms with Gasteiger partial charge >= 0.3 is 5.97 Å². The van der Waals surface area contributed by atoms with Gasteiger partial charge in [-0.2, -0.15) is 0 Å². The van der Waals surface area contributed by atoms with Gasteiger partial charge in [0.2, 0.25) is 5.78 Å². The highest BCUT2D eigenvalue weighted by Crippen LogP contribution is 2.65. The lowest BCUT2D eigenvalue weighted by Crippen LogP contribution is -2.56. The van der Waals surface area contributed by atoms with Gasteiger partial charge in [0.15, 0.2) is 12.4 Å². The Kier molecular flexibility index (Phi) is 4.50. The molecule has 5 nitrogen and oxygen atoms in total. The lowest BCUT2D eigenvalue weighted by Gasteiger charge is -2.54. The molecule has 156 valence electrons. The molecule has 0 amide bonds. The molecule has 4 rings (SSSR count). The Morgan fingerprint density at radius 2 is 2.03 bits per heavy atom. The molecule has 0 saturated heterocycles. The largest absolute Gasteiger partial charge is 0.458 e. The first-order valence-electron chi connectivity index (χ1n) is 10.2. The van der Waals surface area contributed by atoms with Gasteiger partial charge in [0, 0.05) is 17.8 Å². The van der Waals surface area contributed by atoms with Crippen molar-refractivity contribution in [1.82, 2.24) is 0 Å². The predicted molar refractivity (Wildman–Crippen MR) is 103 cm³/mol. The van der Waals surface area contributed by atoms with E-state index in [-0.39, 0.29) is 30.5 Å². The van der Waals surface area contributed by atoms with Crippen LogP contribution < -0.4 is 0 Å². The predicted octanol–water partition coefficient (Wildman–Crippen LogP) is 3.03. The minimum Gasteiger partial charge on any atom is -0.458 e. The van der Waals surface area contributed by atoms with Gasteiger partial charge in [-0.25, -0.2) is 4.39 Å². The maximum absolute atomic E-state index is 15.2. The second-order valence-corrected chi connectivity index (χ2v) is 9.34. The Morgan fingerprint density at radius 3 is 2.72 bits per heavy atom. The lowest BCUT2D eigenvalue weighted by molar-refractivity contribution is -0.162. The summed E-state index contributed by atoms with van der Waals surface area (Å²) in [6.45, 7) is 4.62. The summed E-state index contributed by atoms with van der Waals surface area (Å²) in [4.78, 5) is 35.7. The number of carbonyl (C=O) groups excluding carboxylic acids is 3. The average molecular weight is 402 g/mol. The number of fused-ring (bicyclic) bond motifs is 5. The molecule has 4 aliphatic rings. The molecule has 0 spiro atoms. The van der Waals surface area contributed by atoms with Crippen molar-refractivity contribution in [2.24, 2.45) is 22.7 Å². The Morgan fingerprint density at radius 1 is 1.31 bits per heavy atom. The minimum atomic E-state index is -1.60. The van der Waals surface area contributed by atoms with Crippen molar-refractivity contribution in [3.63, 3.8) is 0 Å². The molecule has 2 fully saturated rings. The molecule has 2 saturated carbocycles. The fourth-order valence-electron chi connectivity index (χ4n) is 6.29. The number of halogens is 1. The molecule has 0 aromatic carbocycles. The summed E-state index contributed by atoms with van der Waals surface area (Å²) >= 11 is 0. The number of esters is 1. The standard InChI is InChI=1S/C23H27FO5/c1-13(25)29-12-20(27)23(28)9-6-17-15-11-19(24)18-10-14(26)4-7-21(18,2)16(15)5-8-22(17,23)3/h4-5,7,10,15,17,19,28H,6,8-9,11-12H2,1-3H3/t15-,17+,19?,21-,22+,23+/m1/s1. The summed E-state index contributed by atoms with van der Waals surface area (Å²) in [6.07, 6.45) is 7.13. The molecule has 0 aliphatic heterocycles. The van der Waals surface area contributed by atoms with E-state index in [1.165, 1.54) is 19.1 Å². The second kappa shape index (κ2) is 6.46. The molecule has 4 aliphatic carbocycles. The fourth-order valence-corrected chi connectivity index (χ4v) is 6.29. The molecule has 1 N–H and O–H groups in total. The molecule has 0 aromatic rings. The smallest absolute Gasteiger partial charge is 0.303 e. The lowest BCUT2D eigenvalue weighted by atomic mass is 9.51. The summed E-state index contributed by atoms with van der Waals surface area (Å²) in [5.74, 6) is -1.41. The zero-order chi connectivity index (χ0) is 21.2. The first-order valence-corrected chi connectivity index (χ1v) is 10.2. The highest BCUT2D eigenvalue weighted by Gasteiger charge is 2.65.